The Morgan fingerprint density at radius 2 is 2.04 bits per heavy atom. The van der Waals surface area contributed by atoms with E-state index in [9.17, 15) is 10.1 Å². The minimum absolute atomic E-state index is 0.00268. The number of nitro groups is 1. The van der Waals surface area contributed by atoms with Gasteiger partial charge in [0.15, 0.2) is 0 Å². The lowest BCUT2D eigenvalue weighted by Gasteiger charge is -2.02. The number of aromatic nitrogens is 4. The zero-order valence-corrected chi connectivity index (χ0v) is 14.1. The molecule has 0 aliphatic rings. The third-order valence-corrected chi connectivity index (χ3v) is 4.18. The van der Waals surface area contributed by atoms with Crippen LogP contribution in [-0.4, -0.2) is 24.4 Å². The summed E-state index contributed by atoms with van der Waals surface area (Å²) in [6.45, 7) is 0. The van der Waals surface area contributed by atoms with Gasteiger partial charge in [0.1, 0.15) is 5.82 Å². The first-order chi connectivity index (χ1) is 12.6. The Morgan fingerprint density at radius 3 is 2.73 bits per heavy atom. The van der Waals surface area contributed by atoms with Crippen molar-refractivity contribution < 1.29 is 4.92 Å². The third-order valence-electron chi connectivity index (χ3n) is 3.89. The number of nitro benzene ring substituents is 1. The minimum atomic E-state index is -0.445. The maximum Gasteiger partial charge on any atom is 0.271 e. The molecule has 7 nitrogen and oxygen atoms in total. The number of benzene rings is 2. The first-order valence-electron chi connectivity index (χ1n) is 7.70. The molecule has 8 heteroatoms. The molecule has 0 saturated heterocycles. The SMILES string of the molecule is O=[N+]([O-])c1ccc2nc(/C(Cl)=C/c3ccc(-n4ccnc4)cc3)[nH]c2c1. The van der Waals surface area contributed by atoms with Crippen molar-refractivity contribution in [1.82, 2.24) is 19.5 Å². The van der Waals surface area contributed by atoms with Crippen LogP contribution in [0.25, 0.3) is 27.8 Å². The van der Waals surface area contributed by atoms with Gasteiger partial charge in [0.25, 0.3) is 5.69 Å². The van der Waals surface area contributed by atoms with Crippen LogP contribution in [0.5, 0.6) is 0 Å². The second-order valence-corrected chi connectivity index (χ2v) is 6.00. The van der Waals surface area contributed by atoms with Crippen molar-refractivity contribution in [2.24, 2.45) is 0 Å². The summed E-state index contributed by atoms with van der Waals surface area (Å²) in [4.78, 5) is 21.8. The summed E-state index contributed by atoms with van der Waals surface area (Å²) < 4.78 is 1.90. The van der Waals surface area contributed by atoms with Gasteiger partial charge in [-0.1, -0.05) is 23.7 Å². The molecule has 0 spiro atoms. The van der Waals surface area contributed by atoms with Gasteiger partial charge in [-0.2, -0.15) is 0 Å². The summed E-state index contributed by atoms with van der Waals surface area (Å²) in [6, 6.07) is 12.2. The first-order valence-corrected chi connectivity index (χ1v) is 8.08. The van der Waals surface area contributed by atoms with E-state index in [0.29, 0.717) is 21.9 Å². The molecule has 0 unspecified atom stereocenters. The molecule has 2 heterocycles. The number of hydrogen-bond acceptors (Lipinski definition) is 4. The van der Waals surface area contributed by atoms with Crippen LogP contribution in [0.2, 0.25) is 0 Å². The average Bonchev–Trinajstić information content (AvgIpc) is 3.31. The number of hydrogen-bond donors (Lipinski definition) is 1. The molecule has 4 rings (SSSR count). The van der Waals surface area contributed by atoms with Gasteiger partial charge in [-0.3, -0.25) is 10.1 Å². The Morgan fingerprint density at radius 1 is 1.23 bits per heavy atom. The average molecular weight is 366 g/mol. The van der Waals surface area contributed by atoms with E-state index in [1.165, 1.54) is 12.1 Å². The Kier molecular flexibility index (Phi) is 3.98. The number of halogens is 1. The van der Waals surface area contributed by atoms with E-state index in [-0.39, 0.29) is 5.69 Å². The van der Waals surface area contributed by atoms with Crippen LogP contribution < -0.4 is 0 Å². The number of rotatable bonds is 4. The second-order valence-electron chi connectivity index (χ2n) is 5.60. The van der Waals surface area contributed by atoms with E-state index in [2.05, 4.69) is 15.0 Å². The molecule has 0 fully saturated rings. The van der Waals surface area contributed by atoms with Gasteiger partial charge >= 0.3 is 0 Å². The van der Waals surface area contributed by atoms with Crippen LogP contribution in [0, 0.1) is 10.1 Å². The summed E-state index contributed by atoms with van der Waals surface area (Å²) >= 11 is 6.37. The number of aromatic amines is 1. The summed E-state index contributed by atoms with van der Waals surface area (Å²) in [7, 11) is 0. The van der Waals surface area contributed by atoms with E-state index in [1.807, 2.05) is 35.0 Å². The van der Waals surface area contributed by atoms with Gasteiger partial charge in [-0.25, -0.2) is 9.97 Å². The molecular formula is C18H12ClN5O2. The predicted molar refractivity (Wildman–Crippen MR) is 100 cm³/mol. The number of H-pyrrole nitrogens is 1. The summed E-state index contributed by atoms with van der Waals surface area (Å²) in [5, 5.41) is 11.3. The molecule has 2 aromatic carbocycles. The molecule has 4 aromatic rings. The lowest BCUT2D eigenvalue weighted by molar-refractivity contribution is -0.384. The molecule has 0 saturated carbocycles. The number of fused-ring (bicyclic) bond motifs is 1. The lowest BCUT2D eigenvalue weighted by Crippen LogP contribution is -1.89. The maximum atomic E-state index is 10.9. The third kappa shape index (κ3) is 3.07. The van der Waals surface area contributed by atoms with Crippen molar-refractivity contribution in [1.29, 1.82) is 0 Å². The van der Waals surface area contributed by atoms with Crippen molar-refractivity contribution in [3.8, 4) is 5.69 Å². The van der Waals surface area contributed by atoms with Gasteiger partial charge in [-0.15, -0.1) is 0 Å². The number of nitrogens with one attached hydrogen (secondary N) is 1. The van der Waals surface area contributed by atoms with Gasteiger partial charge in [0, 0.05) is 30.2 Å². The highest BCUT2D eigenvalue weighted by Gasteiger charge is 2.11. The zero-order chi connectivity index (χ0) is 18.1. The molecule has 0 radical (unpaired) electrons. The number of nitrogens with zero attached hydrogens (tertiary/aromatic N) is 4. The summed E-state index contributed by atoms with van der Waals surface area (Å²) in [6.07, 6.45) is 7.10. The van der Waals surface area contributed by atoms with E-state index < -0.39 is 4.92 Å². The van der Waals surface area contributed by atoms with Crippen LogP contribution in [0.3, 0.4) is 0 Å². The summed E-state index contributed by atoms with van der Waals surface area (Å²) in [5.74, 6) is 0.459. The van der Waals surface area contributed by atoms with Gasteiger partial charge in [0.2, 0.25) is 0 Å². The summed E-state index contributed by atoms with van der Waals surface area (Å²) in [5.41, 5.74) is 3.09. The number of non-ortho nitro benzene ring substituents is 1. The fourth-order valence-corrected chi connectivity index (χ4v) is 2.81. The molecule has 2 aromatic heterocycles. The van der Waals surface area contributed by atoms with Gasteiger partial charge in [0.05, 0.1) is 27.3 Å². The molecule has 0 aliphatic carbocycles. The molecule has 1 N–H and O–H groups in total. The predicted octanol–water partition coefficient (Wildman–Crippen LogP) is 4.39. The molecule has 0 aliphatic heterocycles. The van der Waals surface area contributed by atoms with E-state index in [1.54, 1.807) is 24.7 Å². The monoisotopic (exact) mass is 365 g/mol. The van der Waals surface area contributed by atoms with Crippen LogP contribution >= 0.6 is 11.6 Å². The van der Waals surface area contributed by atoms with E-state index in [4.69, 9.17) is 11.6 Å². The smallest absolute Gasteiger partial charge is 0.271 e. The first kappa shape index (κ1) is 16.0. The van der Waals surface area contributed by atoms with Gasteiger partial charge < -0.3 is 9.55 Å². The molecule has 0 atom stereocenters. The molecule has 26 heavy (non-hydrogen) atoms. The van der Waals surface area contributed by atoms with Crippen LogP contribution in [0.15, 0.2) is 61.2 Å². The molecule has 0 amide bonds. The number of imidazole rings is 2. The highest BCUT2D eigenvalue weighted by atomic mass is 35.5. The zero-order valence-electron chi connectivity index (χ0n) is 13.3. The normalized spacial score (nSPS) is 11.8. The van der Waals surface area contributed by atoms with E-state index in [0.717, 1.165) is 11.3 Å². The van der Waals surface area contributed by atoms with Crippen LogP contribution in [0.1, 0.15) is 11.4 Å². The minimum Gasteiger partial charge on any atom is -0.337 e. The van der Waals surface area contributed by atoms with Crippen molar-refractivity contribution >= 4 is 39.4 Å². The quantitative estimate of drug-likeness (QED) is 0.429. The molecule has 128 valence electrons. The topological polar surface area (TPSA) is 89.6 Å². The highest BCUT2D eigenvalue weighted by molar-refractivity contribution is 6.50. The second kappa shape index (κ2) is 6.45. The standard InChI is InChI=1S/C18H12ClN5O2/c19-15(9-12-1-3-13(4-2-12)23-8-7-20-11-23)18-21-16-6-5-14(24(25)26)10-17(16)22-18/h1-11H,(H,21,22)/b15-9-. The molecule has 0 bridgehead atoms. The van der Waals surface area contributed by atoms with Crippen molar-refractivity contribution in [2.45, 2.75) is 0 Å². The van der Waals surface area contributed by atoms with Crippen molar-refractivity contribution in [3.05, 3.63) is 82.7 Å². The van der Waals surface area contributed by atoms with Crippen LogP contribution in [0.4, 0.5) is 5.69 Å². The lowest BCUT2D eigenvalue weighted by atomic mass is 10.2. The maximum absolute atomic E-state index is 10.9. The Bertz CT molecular complexity index is 1110. The largest absolute Gasteiger partial charge is 0.337 e. The fourth-order valence-electron chi connectivity index (χ4n) is 2.59. The molecular weight excluding hydrogens is 354 g/mol. The Hall–Kier alpha value is -3.45. The Labute approximate surface area is 152 Å². The van der Waals surface area contributed by atoms with Crippen molar-refractivity contribution in [2.75, 3.05) is 0 Å². The van der Waals surface area contributed by atoms with E-state index >= 15 is 0 Å². The van der Waals surface area contributed by atoms with Crippen molar-refractivity contribution in [3.63, 3.8) is 0 Å². The van der Waals surface area contributed by atoms with Crippen LogP contribution in [-0.2, 0) is 0 Å². The van der Waals surface area contributed by atoms with Gasteiger partial charge in [-0.05, 0) is 29.8 Å². The highest BCUT2D eigenvalue weighted by Crippen LogP contribution is 2.25. The Balaban J connectivity index is 1.63. The fraction of sp³-hybridized carbons (Fsp3) is 0.